The molecular formula is C24H21N3O7. The van der Waals surface area contributed by atoms with Crippen molar-refractivity contribution in [1.82, 2.24) is 5.43 Å². The monoisotopic (exact) mass is 463 g/mol. The number of rotatable bonds is 9. The van der Waals surface area contributed by atoms with Gasteiger partial charge in [0.05, 0.1) is 30.4 Å². The van der Waals surface area contributed by atoms with E-state index in [0.29, 0.717) is 29.2 Å². The zero-order valence-corrected chi connectivity index (χ0v) is 18.4. The maximum atomic E-state index is 12.4. The van der Waals surface area contributed by atoms with Gasteiger partial charge in [-0.05, 0) is 67.1 Å². The van der Waals surface area contributed by atoms with E-state index >= 15 is 0 Å². The molecule has 0 bridgehead atoms. The Bertz CT molecular complexity index is 1210. The third-order valence-corrected chi connectivity index (χ3v) is 4.51. The third-order valence-electron chi connectivity index (χ3n) is 4.51. The number of hydrogen-bond acceptors (Lipinski definition) is 8. The number of nitro groups is 1. The number of nitro benzene ring substituents is 1. The molecule has 0 aliphatic rings. The van der Waals surface area contributed by atoms with Crippen molar-refractivity contribution in [3.05, 3.63) is 93.5 Å². The van der Waals surface area contributed by atoms with E-state index in [2.05, 4.69) is 10.5 Å². The van der Waals surface area contributed by atoms with Crippen LogP contribution < -0.4 is 19.6 Å². The second-order valence-electron chi connectivity index (χ2n) is 6.76. The standard InChI is InChI=1S/C24H21N3O7/c1-3-33-20-11-7-18(8-12-20)24(29)34-21-13-4-16(14-22(21)32-2)15-25-26-23(28)17-5-9-19(10-6-17)27(30)31/h4-15H,3H2,1-2H3,(H,26,28). The molecule has 0 heterocycles. The molecule has 10 nitrogen and oxygen atoms in total. The van der Waals surface area contributed by atoms with Gasteiger partial charge in [-0.1, -0.05) is 0 Å². The molecule has 3 aromatic carbocycles. The number of hydrogen-bond donors (Lipinski definition) is 1. The second kappa shape index (κ2) is 11.2. The maximum Gasteiger partial charge on any atom is 0.343 e. The molecule has 1 N–H and O–H groups in total. The van der Waals surface area contributed by atoms with Crippen molar-refractivity contribution in [2.24, 2.45) is 5.10 Å². The van der Waals surface area contributed by atoms with Crippen LogP contribution in [0.25, 0.3) is 0 Å². The minimum absolute atomic E-state index is 0.115. The van der Waals surface area contributed by atoms with E-state index in [4.69, 9.17) is 14.2 Å². The molecule has 0 aliphatic heterocycles. The summed E-state index contributed by atoms with van der Waals surface area (Å²) in [6, 6.07) is 16.5. The Morgan fingerprint density at radius 2 is 1.68 bits per heavy atom. The zero-order chi connectivity index (χ0) is 24.5. The van der Waals surface area contributed by atoms with Gasteiger partial charge in [-0.25, -0.2) is 10.2 Å². The first-order valence-electron chi connectivity index (χ1n) is 10.1. The highest BCUT2D eigenvalue weighted by Crippen LogP contribution is 2.28. The highest BCUT2D eigenvalue weighted by molar-refractivity contribution is 5.95. The number of nitrogens with one attached hydrogen (secondary N) is 1. The minimum Gasteiger partial charge on any atom is -0.494 e. The summed E-state index contributed by atoms with van der Waals surface area (Å²) in [5.41, 5.74) is 3.37. The van der Waals surface area contributed by atoms with Gasteiger partial charge >= 0.3 is 5.97 Å². The van der Waals surface area contributed by atoms with Crippen LogP contribution >= 0.6 is 0 Å². The van der Waals surface area contributed by atoms with E-state index in [9.17, 15) is 19.7 Å². The molecule has 3 aromatic rings. The molecule has 0 atom stereocenters. The summed E-state index contributed by atoms with van der Waals surface area (Å²) in [6.45, 7) is 2.40. The number of methoxy groups -OCH3 is 1. The van der Waals surface area contributed by atoms with Crippen LogP contribution in [0, 0.1) is 10.1 Å². The van der Waals surface area contributed by atoms with Gasteiger partial charge in [0.2, 0.25) is 0 Å². The van der Waals surface area contributed by atoms with E-state index < -0.39 is 16.8 Å². The fourth-order valence-corrected chi connectivity index (χ4v) is 2.83. The molecular weight excluding hydrogens is 442 g/mol. The topological polar surface area (TPSA) is 129 Å². The molecule has 0 radical (unpaired) electrons. The number of benzene rings is 3. The third kappa shape index (κ3) is 6.16. The molecule has 0 aromatic heterocycles. The Morgan fingerprint density at radius 3 is 2.29 bits per heavy atom. The number of nitrogens with zero attached hydrogens (tertiary/aromatic N) is 2. The Morgan fingerprint density at radius 1 is 1.00 bits per heavy atom. The summed E-state index contributed by atoms with van der Waals surface area (Å²) in [4.78, 5) is 34.7. The van der Waals surface area contributed by atoms with Crippen molar-refractivity contribution in [3.8, 4) is 17.2 Å². The van der Waals surface area contributed by atoms with Crippen LogP contribution in [0.1, 0.15) is 33.2 Å². The summed E-state index contributed by atoms with van der Waals surface area (Å²) in [5, 5.41) is 14.6. The van der Waals surface area contributed by atoms with Gasteiger partial charge < -0.3 is 14.2 Å². The number of ether oxygens (including phenoxy) is 3. The molecule has 1 amide bonds. The molecule has 34 heavy (non-hydrogen) atoms. The van der Waals surface area contributed by atoms with Crippen molar-refractivity contribution >= 4 is 23.8 Å². The minimum atomic E-state index is -0.557. The van der Waals surface area contributed by atoms with Crippen molar-refractivity contribution in [3.63, 3.8) is 0 Å². The molecule has 0 unspecified atom stereocenters. The highest BCUT2D eigenvalue weighted by atomic mass is 16.6. The van der Waals surface area contributed by atoms with E-state index in [1.165, 1.54) is 37.6 Å². The predicted molar refractivity (Wildman–Crippen MR) is 124 cm³/mol. The van der Waals surface area contributed by atoms with Gasteiger partial charge in [-0.15, -0.1) is 0 Å². The van der Waals surface area contributed by atoms with Crippen molar-refractivity contribution in [1.29, 1.82) is 0 Å². The average Bonchev–Trinajstić information content (AvgIpc) is 2.85. The molecule has 0 saturated carbocycles. The number of hydrazone groups is 1. The van der Waals surface area contributed by atoms with Crippen LogP contribution in [0.2, 0.25) is 0 Å². The van der Waals surface area contributed by atoms with Crippen LogP contribution in [0.15, 0.2) is 71.8 Å². The van der Waals surface area contributed by atoms with Gasteiger partial charge in [-0.2, -0.15) is 5.10 Å². The maximum absolute atomic E-state index is 12.4. The number of non-ortho nitro benzene ring substituents is 1. The van der Waals surface area contributed by atoms with E-state index in [1.807, 2.05) is 6.92 Å². The first-order valence-corrected chi connectivity index (χ1v) is 10.1. The molecule has 0 aliphatic carbocycles. The summed E-state index contributed by atoms with van der Waals surface area (Å²) in [6.07, 6.45) is 1.38. The Hall–Kier alpha value is -4.73. The van der Waals surface area contributed by atoms with Gasteiger partial charge in [0.1, 0.15) is 5.75 Å². The van der Waals surface area contributed by atoms with E-state index in [-0.39, 0.29) is 17.0 Å². The van der Waals surface area contributed by atoms with Crippen LogP contribution in [-0.2, 0) is 0 Å². The number of carbonyl (C=O) groups is 2. The first kappa shape index (κ1) is 23.9. The van der Waals surface area contributed by atoms with Gasteiger partial charge in [0.25, 0.3) is 11.6 Å². The summed E-state index contributed by atoms with van der Waals surface area (Å²) in [5.74, 6) is 0.0801. The van der Waals surface area contributed by atoms with Crippen LogP contribution in [-0.4, -0.2) is 36.7 Å². The number of esters is 1. The first-order chi connectivity index (χ1) is 16.4. The fourth-order valence-electron chi connectivity index (χ4n) is 2.83. The lowest BCUT2D eigenvalue weighted by atomic mass is 10.2. The molecule has 0 spiro atoms. The molecule has 0 fully saturated rings. The normalized spacial score (nSPS) is 10.5. The molecule has 3 rings (SSSR count). The largest absolute Gasteiger partial charge is 0.494 e. The van der Waals surface area contributed by atoms with E-state index in [1.54, 1.807) is 42.5 Å². The van der Waals surface area contributed by atoms with Crippen molar-refractivity contribution < 1.29 is 28.7 Å². The SMILES string of the molecule is CCOc1ccc(C(=O)Oc2ccc(C=NNC(=O)c3ccc([N+](=O)[O-])cc3)cc2OC)cc1. The Labute approximate surface area is 194 Å². The van der Waals surface area contributed by atoms with Crippen LogP contribution in [0.5, 0.6) is 17.2 Å². The van der Waals surface area contributed by atoms with Crippen LogP contribution in [0.3, 0.4) is 0 Å². The lowest BCUT2D eigenvalue weighted by Crippen LogP contribution is -2.17. The Kier molecular flexibility index (Phi) is 7.90. The highest BCUT2D eigenvalue weighted by Gasteiger charge is 2.13. The second-order valence-corrected chi connectivity index (χ2v) is 6.76. The van der Waals surface area contributed by atoms with Crippen LogP contribution in [0.4, 0.5) is 5.69 Å². The number of amides is 1. The smallest absolute Gasteiger partial charge is 0.343 e. The lowest BCUT2D eigenvalue weighted by Gasteiger charge is -2.10. The van der Waals surface area contributed by atoms with Crippen molar-refractivity contribution in [2.45, 2.75) is 6.92 Å². The fraction of sp³-hybridized carbons (Fsp3) is 0.125. The molecule has 0 saturated heterocycles. The Balaban J connectivity index is 1.63. The van der Waals surface area contributed by atoms with Gasteiger partial charge in [-0.3, -0.25) is 14.9 Å². The van der Waals surface area contributed by atoms with E-state index in [0.717, 1.165) is 0 Å². The van der Waals surface area contributed by atoms with Crippen molar-refractivity contribution in [2.75, 3.05) is 13.7 Å². The summed E-state index contributed by atoms with van der Waals surface area (Å²) < 4.78 is 16.1. The summed E-state index contributed by atoms with van der Waals surface area (Å²) >= 11 is 0. The molecule has 174 valence electrons. The molecule has 10 heteroatoms. The number of carbonyl (C=O) groups excluding carboxylic acids is 2. The van der Waals surface area contributed by atoms with Gasteiger partial charge in [0.15, 0.2) is 11.5 Å². The zero-order valence-electron chi connectivity index (χ0n) is 18.4. The summed E-state index contributed by atoms with van der Waals surface area (Å²) in [7, 11) is 1.43. The average molecular weight is 463 g/mol. The lowest BCUT2D eigenvalue weighted by molar-refractivity contribution is -0.384. The quantitative estimate of drug-likeness (QED) is 0.167. The predicted octanol–water partition coefficient (Wildman–Crippen LogP) is 3.99. The van der Waals surface area contributed by atoms with Gasteiger partial charge in [0, 0.05) is 17.7 Å².